The second kappa shape index (κ2) is 8.40. The minimum absolute atomic E-state index is 0.0365. The van der Waals surface area contributed by atoms with Crippen LogP contribution in [0.25, 0.3) is 0 Å². The van der Waals surface area contributed by atoms with Crippen LogP contribution in [0, 0.1) is 0 Å². The Hall–Kier alpha value is -2.28. The zero-order valence-corrected chi connectivity index (χ0v) is 15.2. The Morgan fingerprint density at radius 2 is 2.15 bits per heavy atom. The molecule has 1 aromatic carbocycles. The summed E-state index contributed by atoms with van der Waals surface area (Å²) in [5.41, 5.74) is 6.29. The third-order valence-corrected chi connectivity index (χ3v) is 4.97. The van der Waals surface area contributed by atoms with E-state index in [9.17, 15) is 9.59 Å². The molecule has 0 saturated carbocycles. The van der Waals surface area contributed by atoms with Crippen LogP contribution < -0.4 is 20.5 Å². The Morgan fingerprint density at radius 3 is 2.92 bits per heavy atom. The van der Waals surface area contributed by atoms with Gasteiger partial charge >= 0.3 is 0 Å². The molecule has 7 nitrogen and oxygen atoms in total. The zero-order valence-electron chi connectivity index (χ0n) is 15.2. The quantitative estimate of drug-likeness (QED) is 0.770. The molecule has 2 aliphatic heterocycles. The number of nitrogens with one attached hydrogen (secondary N) is 1. The van der Waals surface area contributed by atoms with Crippen molar-refractivity contribution in [2.75, 3.05) is 19.9 Å². The predicted octanol–water partition coefficient (Wildman–Crippen LogP) is 1.65. The van der Waals surface area contributed by atoms with Gasteiger partial charge in [-0.2, -0.15) is 0 Å². The van der Waals surface area contributed by atoms with Crippen LogP contribution in [-0.4, -0.2) is 48.7 Å². The molecule has 0 aliphatic carbocycles. The van der Waals surface area contributed by atoms with Gasteiger partial charge < -0.3 is 25.4 Å². The number of likely N-dealkylation sites (tertiary alicyclic amines) is 1. The molecule has 3 N–H and O–H groups in total. The van der Waals surface area contributed by atoms with Gasteiger partial charge in [-0.25, -0.2) is 0 Å². The van der Waals surface area contributed by atoms with Gasteiger partial charge in [0.25, 0.3) is 5.91 Å². The number of benzene rings is 1. The van der Waals surface area contributed by atoms with Crippen LogP contribution in [-0.2, 0) is 4.79 Å². The van der Waals surface area contributed by atoms with Gasteiger partial charge in [-0.05, 0) is 37.5 Å². The third-order valence-electron chi connectivity index (χ3n) is 4.97. The van der Waals surface area contributed by atoms with E-state index in [2.05, 4.69) is 12.2 Å². The summed E-state index contributed by atoms with van der Waals surface area (Å²) < 4.78 is 10.6. The number of unbranched alkanes of at least 4 members (excludes halogenated alkanes) is 1. The fraction of sp³-hybridized carbons (Fsp3) is 0.579. The van der Waals surface area contributed by atoms with Gasteiger partial charge in [0, 0.05) is 24.7 Å². The van der Waals surface area contributed by atoms with Crippen molar-refractivity contribution in [1.29, 1.82) is 0 Å². The van der Waals surface area contributed by atoms with Crippen molar-refractivity contribution in [1.82, 2.24) is 10.2 Å². The van der Waals surface area contributed by atoms with Crippen molar-refractivity contribution in [3.63, 3.8) is 0 Å². The fourth-order valence-corrected chi connectivity index (χ4v) is 3.47. The van der Waals surface area contributed by atoms with Crippen LogP contribution in [0.5, 0.6) is 11.5 Å². The molecule has 26 heavy (non-hydrogen) atoms. The van der Waals surface area contributed by atoms with Crippen molar-refractivity contribution in [2.45, 2.75) is 51.1 Å². The third kappa shape index (κ3) is 3.93. The zero-order chi connectivity index (χ0) is 18.5. The summed E-state index contributed by atoms with van der Waals surface area (Å²) in [5, 5.41) is 3.02. The standard InChI is InChI=1S/C19H27N3O4/c1-2-3-5-14(11-20)21-18(23)15-6-4-9-22(15)19(24)13-7-8-16-17(10-13)26-12-25-16/h7-8,10,14-15H,2-6,9,11-12,20H2,1H3,(H,21,23). The van der Waals surface area contributed by atoms with Crippen LogP contribution in [0.3, 0.4) is 0 Å². The number of carbonyl (C=O) groups excluding carboxylic acids is 2. The number of carbonyl (C=O) groups is 2. The van der Waals surface area contributed by atoms with Gasteiger partial charge in [-0.15, -0.1) is 0 Å². The second-order valence-electron chi connectivity index (χ2n) is 6.81. The Kier molecular flexibility index (Phi) is 5.98. The summed E-state index contributed by atoms with van der Waals surface area (Å²) in [7, 11) is 0. The SMILES string of the molecule is CCCCC(CN)NC(=O)C1CCCN1C(=O)c1ccc2c(c1)OCO2. The van der Waals surface area contributed by atoms with Crippen LogP contribution in [0.1, 0.15) is 49.4 Å². The monoisotopic (exact) mass is 361 g/mol. The second-order valence-corrected chi connectivity index (χ2v) is 6.81. The Labute approximate surface area is 153 Å². The highest BCUT2D eigenvalue weighted by molar-refractivity contribution is 5.98. The van der Waals surface area contributed by atoms with Crippen LogP contribution >= 0.6 is 0 Å². The lowest BCUT2D eigenvalue weighted by Crippen LogP contribution is -2.50. The lowest BCUT2D eigenvalue weighted by atomic mass is 10.1. The average Bonchev–Trinajstić information content (AvgIpc) is 3.32. The van der Waals surface area contributed by atoms with E-state index in [1.807, 2.05) is 0 Å². The maximum absolute atomic E-state index is 12.9. The van der Waals surface area contributed by atoms with Crippen molar-refractivity contribution in [3.8, 4) is 11.5 Å². The maximum atomic E-state index is 12.9. The summed E-state index contributed by atoms with van der Waals surface area (Å²) >= 11 is 0. The molecule has 0 spiro atoms. The molecule has 2 amide bonds. The van der Waals surface area contributed by atoms with Crippen LogP contribution in [0.2, 0.25) is 0 Å². The molecule has 142 valence electrons. The molecule has 7 heteroatoms. The predicted molar refractivity (Wildman–Crippen MR) is 97.1 cm³/mol. The van der Waals surface area contributed by atoms with E-state index in [-0.39, 0.29) is 24.6 Å². The number of fused-ring (bicyclic) bond motifs is 1. The highest BCUT2D eigenvalue weighted by Crippen LogP contribution is 2.33. The lowest BCUT2D eigenvalue weighted by molar-refractivity contribution is -0.125. The summed E-state index contributed by atoms with van der Waals surface area (Å²) in [5.74, 6) is 0.944. The molecule has 1 fully saturated rings. The molecule has 1 saturated heterocycles. The Balaban J connectivity index is 1.67. The molecule has 2 unspecified atom stereocenters. The maximum Gasteiger partial charge on any atom is 0.254 e. The lowest BCUT2D eigenvalue weighted by Gasteiger charge is -2.26. The molecule has 0 aromatic heterocycles. The normalized spacial score (nSPS) is 19.5. The van der Waals surface area contributed by atoms with Crippen LogP contribution in [0.15, 0.2) is 18.2 Å². The van der Waals surface area contributed by atoms with Crippen molar-refractivity contribution in [3.05, 3.63) is 23.8 Å². The van der Waals surface area contributed by atoms with Gasteiger partial charge in [-0.3, -0.25) is 9.59 Å². The molecule has 3 rings (SSSR count). The topological polar surface area (TPSA) is 93.9 Å². The molecule has 1 aromatic rings. The summed E-state index contributed by atoms with van der Waals surface area (Å²) in [6.45, 7) is 3.26. The number of amides is 2. The summed E-state index contributed by atoms with van der Waals surface area (Å²) in [6, 6.07) is 4.65. The summed E-state index contributed by atoms with van der Waals surface area (Å²) in [6.07, 6.45) is 4.43. The van der Waals surface area contributed by atoms with Crippen molar-refractivity contribution >= 4 is 11.8 Å². The first-order valence-corrected chi connectivity index (χ1v) is 9.35. The summed E-state index contributed by atoms with van der Waals surface area (Å²) in [4.78, 5) is 27.3. The Bertz CT molecular complexity index is 664. The first-order valence-electron chi connectivity index (χ1n) is 9.35. The minimum Gasteiger partial charge on any atom is -0.454 e. The van der Waals surface area contributed by atoms with E-state index >= 15 is 0 Å². The molecule has 0 radical (unpaired) electrons. The minimum atomic E-state index is -0.441. The van der Waals surface area contributed by atoms with Crippen molar-refractivity contribution < 1.29 is 19.1 Å². The smallest absolute Gasteiger partial charge is 0.254 e. The molecule has 2 heterocycles. The number of ether oxygens (including phenoxy) is 2. The highest BCUT2D eigenvalue weighted by Gasteiger charge is 2.35. The van der Waals surface area contributed by atoms with E-state index in [0.29, 0.717) is 36.6 Å². The van der Waals surface area contributed by atoms with E-state index in [0.717, 1.165) is 25.7 Å². The van der Waals surface area contributed by atoms with E-state index in [1.165, 1.54) is 0 Å². The molecule has 2 atom stereocenters. The first-order chi connectivity index (χ1) is 12.6. The van der Waals surface area contributed by atoms with E-state index < -0.39 is 6.04 Å². The molecule has 0 bridgehead atoms. The molecular formula is C19H27N3O4. The van der Waals surface area contributed by atoms with Gasteiger partial charge in [-0.1, -0.05) is 19.8 Å². The largest absolute Gasteiger partial charge is 0.454 e. The Morgan fingerprint density at radius 1 is 1.35 bits per heavy atom. The number of hydrogen-bond acceptors (Lipinski definition) is 5. The van der Waals surface area contributed by atoms with E-state index in [4.69, 9.17) is 15.2 Å². The van der Waals surface area contributed by atoms with Gasteiger partial charge in [0.15, 0.2) is 11.5 Å². The average molecular weight is 361 g/mol. The van der Waals surface area contributed by atoms with Gasteiger partial charge in [0.1, 0.15) is 6.04 Å². The fourth-order valence-electron chi connectivity index (χ4n) is 3.47. The number of nitrogens with zero attached hydrogens (tertiary/aromatic N) is 1. The van der Waals surface area contributed by atoms with E-state index in [1.54, 1.807) is 23.1 Å². The first kappa shape index (κ1) is 18.5. The van der Waals surface area contributed by atoms with Crippen LogP contribution in [0.4, 0.5) is 0 Å². The van der Waals surface area contributed by atoms with Gasteiger partial charge in [0.05, 0.1) is 0 Å². The highest BCUT2D eigenvalue weighted by atomic mass is 16.7. The number of nitrogens with two attached hydrogens (primary N) is 1. The molecule has 2 aliphatic rings. The molecular weight excluding hydrogens is 334 g/mol. The van der Waals surface area contributed by atoms with Gasteiger partial charge in [0.2, 0.25) is 12.7 Å². The number of rotatable bonds is 7. The number of hydrogen-bond donors (Lipinski definition) is 2. The van der Waals surface area contributed by atoms with Crippen molar-refractivity contribution in [2.24, 2.45) is 5.73 Å².